The quantitative estimate of drug-likeness (QED) is 0.776. The topological polar surface area (TPSA) is 51.2 Å². The lowest BCUT2D eigenvalue weighted by Gasteiger charge is -2.14. The van der Waals surface area contributed by atoms with Crippen molar-refractivity contribution in [1.82, 2.24) is 4.98 Å². The lowest BCUT2D eigenvalue weighted by Crippen LogP contribution is -2.10. The molecule has 15 heavy (non-hydrogen) atoms. The molecule has 2 rings (SSSR count). The Morgan fingerprint density at radius 3 is 3.33 bits per heavy atom. The van der Waals surface area contributed by atoms with E-state index in [-0.39, 0.29) is 5.97 Å². The van der Waals surface area contributed by atoms with Crippen LogP contribution in [0.3, 0.4) is 0 Å². The molecule has 0 saturated heterocycles. The Hall–Kier alpha value is -1.49. The average Bonchev–Trinajstić information content (AvgIpc) is 2.29. The molecule has 0 spiro atoms. The van der Waals surface area contributed by atoms with Crippen molar-refractivity contribution in [3.63, 3.8) is 0 Å². The van der Waals surface area contributed by atoms with E-state index in [2.05, 4.69) is 10.3 Å². The molecule has 5 heteroatoms. The zero-order valence-corrected chi connectivity index (χ0v) is 9.00. The Morgan fingerprint density at radius 2 is 2.53 bits per heavy atom. The molecule has 0 unspecified atom stereocenters. The van der Waals surface area contributed by atoms with Gasteiger partial charge in [-0.1, -0.05) is 11.8 Å². The fraction of sp³-hybridized carbons (Fsp3) is 0.200. The summed E-state index contributed by atoms with van der Waals surface area (Å²) in [6.07, 6.45) is 3.34. The highest BCUT2D eigenvalue weighted by molar-refractivity contribution is 8.04. The standard InChI is InChI=1S/C10H10N2O2S/c1-2-14-10(13)8-6-12-7-4-3-5-11-9(7)15-8/h3-6,12H,2H2,1H3. The summed E-state index contributed by atoms with van der Waals surface area (Å²) in [5.41, 5.74) is 0.913. The van der Waals surface area contributed by atoms with E-state index >= 15 is 0 Å². The zero-order valence-electron chi connectivity index (χ0n) is 8.19. The van der Waals surface area contributed by atoms with Crippen LogP contribution in [0.1, 0.15) is 6.92 Å². The Balaban J connectivity index is 2.16. The molecule has 0 aliphatic carbocycles. The number of pyridine rings is 1. The first-order valence-electron chi connectivity index (χ1n) is 4.58. The Bertz CT molecular complexity index is 418. The minimum atomic E-state index is -0.314. The summed E-state index contributed by atoms with van der Waals surface area (Å²) in [7, 11) is 0. The number of fused-ring (bicyclic) bond motifs is 1. The number of esters is 1. The van der Waals surface area contributed by atoms with Gasteiger partial charge in [-0.25, -0.2) is 9.78 Å². The number of thioether (sulfide) groups is 1. The van der Waals surface area contributed by atoms with Crippen LogP contribution in [-0.2, 0) is 9.53 Å². The van der Waals surface area contributed by atoms with Crippen molar-refractivity contribution in [2.45, 2.75) is 11.9 Å². The molecule has 0 radical (unpaired) electrons. The lowest BCUT2D eigenvalue weighted by molar-refractivity contribution is -0.137. The van der Waals surface area contributed by atoms with Gasteiger partial charge in [0.1, 0.15) is 9.93 Å². The molecule has 0 fully saturated rings. The highest BCUT2D eigenvalue weighted by Gasteiger charge is 2.18. The first kappa shape index (κ1) is 10.0. The van der Waals surface area contributed by atoms with Gasteiger partial charge in [-0.05, 0) is 19.1 Å². The Labute approximate surface area is 91.7 Å². The average molecular weight is 222 g/mol. The van der Waals surface area contributed by atoms with E-state index in [0.29, 0.717) is 11.5 Å². The van der Waals surface area contributed by atoms with Crippen LogP contribution >= 0.6 is 11.8 Å². The molecule has 1 aliphatic rings. The van der Waals surface area contributed by atoms with E-state index in [1.165, 1.54) is 11.8 Å². The van der Waals surface area contributed by atoms with Crippen molar-refractivity contribution in [3.05, 3.63) is 29.4 Å². The highest BCUT2D eigenvalue weighted by atomic mass is 32.2. The fourth-order valence-corrected chi connectivity index (χ4v) is 1.98. The molecule has 1 aliphatic heterocycles. The van der Waals surface area contributed by atoms with Gasteiger partial charge >= 0.3 is 5.97 Å². The van der Waals surface area contributed by atoms with Gasteiger partial charge in [-0.15, -0.1) is 0 Å². The van der Waals surface area contributed by atoms with E-state index < -0.39 is 0 Å². The van der Waals surface area contributed by atoms with E-state index in [4.69, 9.17) is 4.74 Å². The van der Waals surface area contributed by atoms with Crippen LogP contribution in [0.2, 0.25) is 0 Å². The molecule has 1 N–H and O–H groups in total. The predicted octanol–water partition coefficient (Wildman–Crippen LogP) is 2.00. The van der Waals surface area contributed by atoms with Crippen LogP contribution in [0.15, 0.2) is 34.5 Å². The van der Waals surface area contributed by atoms with Gasteiger partial charge in [-0.3, -0.25) is 0 Å². The molecule has 78 valence electrons. The number of aromatic nitrogens is 1. The van der Waals surface area contributed by atoms with Crippen molar-refractivity contribution in [3.8, 4) is 0 Å². The Kier molecular flexibility index (Phi) is 2.91. The second kappa shape index (κ2) is 4.35. The number of carbonyl (C=O) groups excluding carboxylic acids is 1. The molecule has 0 atom stereocenters. The SMILES string of the molecule is CCOC(=O)C1=CNc2cccnc2S1. The summed E-state index contributed by atoms with van der Waals surface area (Å²) in [5.74, 6) is -0.314. The number of nitrogens with zero attached hydrogens (tertiary/aromatic N) is 1. The largest absolute Gasteiger partial charge is 0.462 e. The van der Waals surface area contributed by atoms with Crippen molar-refractivity contribution >= 4 is 23.4 Å². The zero-order chi connectivity index (χ0) is 10.7. The summed E-state index contributed by atoms with van der Waals surface area (Å²) < 4.78 is 4.90. The van der Waals surface area contributed by atoms with Gasteiger partial charge in [0.2, 0.25) is 0 Å². The second-order valence-electron chi connectivity index (χ2n) is 2.83. The minimum Gasteiger partial charge on any atom is -0.462 e. The molecule has 0 saturated carbocycles. The summed E-state index contributed by atoms with van der Waals surface area (Å²) in [6, 6.07) is 3.75. The van der Waals surface area contributed by atoms with Crippen LogP contribution in [0.25, 0.3) is 0 Å². The third kappa shape index (κ3) is 2.12. The maximum Gasteiger partial charge on any atom is 0.346 e. The van der Waals surface area contributed by atoms with Crippen LogP contribution in [0.4, 0.5) is 5.69 Å². The third-order valence-corrected chi connectivity index (χ3v) is 2.84. The van der Waals surface area contributed by atoms with E-state index in [1.807, 2.05) is 12.1 Å². The number of ether oxygens (including phenoxy) is 1. The number of carbonyl (C=O) groups is 1. The van der Waals surface area contributed by atoms with Gasteiger partial charge in [0.15, 0.2) is 0 Å². The molecule has 0 aromatic carbocycles. The van der Waals surface area contributed by atoms with Crippen molar-refractivity contribution in [2.24, 2.45) is 0 Å². The first-order chi connectivity index (χ1) is 7.31. The van der Waals surface area contributed by atoms with Gasteiger partial charge < -0.3 is 10.1 Å². The number of anilines is 1. The summed E-state index contributed by atoms with van der Waals surface area (Å²) in [4.78, 5) is 16.1. The van der Waals surface area contributed by atoms with Crippen LogP contribution in [0.5, 0.6) is 0 Å². The van der Waals surface area contributed by atoms with Crippen molar-refractivity contribution < 1.29 is 9.53 Å². The molecular formula is C10H10N2O2S. The van der Waals surface area contributed by atoms with Gasteiger partial charge in [-0.2, -0.15) is 0 Å². The predicted molar refractivity (Wildman–Crippen MR) is 58.4 cm³/mol. The van der Waals surface area contributed by atoms with Gasteiger partial charge in [0, 0.05) is 12.4 Å². The maximum atomic E-state index is 11.4. The second-order valence-corrected chi connectivity index (χ2v) is 3.86. The fourth-order valence-electron chi connectivity index (χ4n) is 1.16. The van der Waals surface area contributed by atoms with Crippen LogP contribution in [0, 0.1) is 0 Å². The smallest absolute Gasteiger partial charge is 0.346 e. The molecule has 1 aromatic heterocycles. The molecule has 0 bridgehead atoms. The summed E-state index contributed by atoms with van der Waals surface area (Å²) >= 11 is 1.32. The summed E-state index contributed by atoms with van der Waals surface area (Å²) in [6.45, 7) is 2.16. The third-order valence-electron chi connectivity index (χ3n) is 1.81. The molecule has 2 heterocycles. The molecule has 0 amide bonds. The van der Waals surface area contributed by atoms with Gasteiger partial charge in [0.25, 0.3) is 0 Å². The monoisotopic (exact) mass is 222 g/mol. The number of hydrogen-bond donors (Lipinski definition) is 1. The van der Waals surface area contributed by atoms with Crippen molar-refractivity contribution in [1.29, 1.82) is 0 Å². The number of nitrogens with one attached hydrogen (secondary N) is 1. The highest BCUT2D eigenvalue weighted by Crippen LogP contribution is 2.35. The lowest BCUT2D eigenvalue weighted by atomic mass is 10.4. The van der Waals surface area contributed by atoms with E-state index in [0.717, 1.165) is 10.7 Å². The summed E-state index contributed by atoms with van der Waals surface area (Å²) in [5, 5.41) is 3.80. The van der Waals surface area contributed by atoms with Crippen LogP contribution in [-0.4, -0.2) is 17.6 Å². The normalized spacial score (nSPS) is 13.5. The van der Waals surface area contributed by atoms with Crippen LogP contribution < -0.4 is 5.32 Å². The molecular weight excluding hydrogens is 212 g/mol. The minimum absolute atomic E-state index is 0.314. The first-order valence-corrected chi connectivity index (χ1v) is 5.39. The maximum absolute atomic E-state index is 11.4. The number of rotatable bonds is 2. The van der Waals surface area contributed by atoms with Crippen molar-refractivity contribution in [2.75, 3.05) is 11.9 Å². The van der Waals surface area contributed by atoms with Gasteiger partial charge in [0.05, 0.1) is 12.3 Å². The van der Waals surface area contributed by atoms with E-state index in [9.17, 15) is 4.79 Å². The Morgan fingerprint density at radius 1 is 1.67 bits per heavy atom. The molecule has 1 aromatic rings. The number of hydrogen-bond acceptors (Lipinski definition) is 5. The van der Waals surface area contributed by atoms with E-state index in [1.54, 1.807) is 19.3 Å². The molecule has 4 nitrogen and oxygen atoms in total.